The molecule has 1 heterocycles. The maximum absolute atomic E-state index is 5.26. The molecule has 8 nitrogen and oxygen atoms in total. The molecule has 1 saturated heterocycles. The summed E-state index contributed by atoms with van der Waals surface area (Å²) in [5, 5.41) is 0. The molecule has 0 aromatic heterocycles. The molecule has 0 aliphatic carbocycles. The third-order valence-corrected chi connectivity index (χ3v) is 3.72. The van der Waals surface area contributed by atoms with Crippen LogP contribution in [0.15, 0.2) is 0 Å². The second-order valence-electron chi connectivity index (χ2n) is 8.93. The lowest BCUT2D eigenvalue weighted by Gasteiger charge is -2.07. The molecule has 1 unspecified atom stereocenters. The van der Waals surface area contributed by atoms with Gasteiger partial charge in [-0.3, -0.25) is 0 Å². The summed E-state index contributed by atoms with van der Waals surface area (Å²) in [6.45, 7) is 22.9. The average Bonchev–Trinajstić information content (AvgIpc) is 3.55. The summed E-state index contributed by atoms with van der Waals surface area (Å²) in [5.74, 6) is 0.812. The fraction of sp³-hybridized carbons (Fsp3) is 1.00. The highest BCUT2D eigenvalue weighted by molar-refractivity contribution is 4.69. The second kappa shape index (κ2) is 30.7. The van der Waals surface area contributed by atoms with Crippen molar-refractivity contribution in [2.75, 3.05) is 80.8 Å². The Hall–Kier alpha value is -0.320. The summed E-state index contributed by atoms with van der Waals surface area (Å²) < 4.78 is 40.1. The molecule has 210 valence electrons. The van der Waals surface area contributed by atoms with E-state index in [1.54, 1.807) is 21.3 Å². The first-order valence-corrected chi connectivity index (χ1v) is 12.6. The Labute approximate surface area is 211 Å². The molecule has 1 aliphatic rings. The Kier molecular flexibility index (Phi) is 34.5. The van der Waals surface area contributed by atoms with Crippen LogP contribution >= 0.6 is 0 Å². The van der Waals surface area contributed by atoms with Crippen LogP contribution in [0.3, 0.4) is 0 Å². The fourth-order valence-electron chi connectivity index (χ4n) is 2.05. The molecule has 0 saturated carbocycles. The minimum Gasteiger partial charge on any atom is -0.382 e. The summed E-state index contributed by atoms with van der Waals surface area (Å²) in [4.78, 5) is 0. The molecule has 34 heavy (non-hydrogen) atoms. The van der Waals surface area contributed by atoms with Crippen LogP contribution in [0, 0.1) is 5.92 Å². The lowest BCUT2D eigenvalue weighted by molar-refractivity contribution is 0.00514. The first-order valence-electron chi connectivity index (χ1n) is 12.6. The van der Waals surface area contributed by atoms with Crippen molar-refractivity contribution in [2.45, 2.75) is 86.2 Å². The lowest BCUT2D eigenvalue weighted by atomic mass is 10.1. The number of methoxy groups -OCH3 is 3. The van der Waals surface area contributed by atoms with Crippen LogP contribution in [0.4, 0.5) is 0 Å². The molecular formula is C26H58O8. The molecule has 0 spiro atoms. The van der Waals surface area contributed by atoms with E-state index in [1.807, 2.05) is 41.5 Å². The fourth-order valence-corrected chi connectivity index (χ4v) is 2.05. The van der Waals surface area contributed by atoms with Crippen LogP contribution in [0.2, 0.25) is 0 Å². The Balaban J connectivity index is -0.000000382. The van der Waals surface area contributed by atoms with E-state index >= 15 is 0 Å². The topological polar surface area (TPSA) is 77.1 Å². The highest BCUT2D eigenvalue weighted by Gasteiger charge is 2.22. The van der Waals surface area contributed by atoms with E-state index in [0.717, 1.165) is 12.5 Å². The molecule has 1 rings (SSSR count). The first-order chi connectivity index (χ1) is 16.1. The Morgan fingerprint density at radius 2 is 0.882 bits per heavy atom. The van der Waals surface area contributed by atoms with E-state index in [4.69, 9.17) is 37.9 Å². The van der Waals surface area contributed by atoms with Crippen molar-refractivity contribution in [3.63, 3.8) is 0 Å². The summed E-state index contributed by atoms with van der Waals surface area (Å²) in [5.41, 5.74) is 0. The highest BCUT2D eigenvalue weighted by Crippen LogP contribution is 2.17. The number of ether oxygens (including phenoxy) is 8. The normalized spacial score (nSPS) is 14.4. The van der Waals surface area contributed by atoms with E-state index in [9.17, 15) is 0 Å². The number of hydrogen-bond donors (Lipinski definition) is 0. The van der Waals surface area contributed by atoms with Crippen LogP contribution in [-0.2, 0) is 37.9 Å². The smallest absolute Gasteiger partial charge is 0.0812 e. The summed E-state index contributed by atoms with van der Waals surface area (Å²) in [7, 11) is 5.00. The maximum atomic E-state index is 5.26. The Bertz CT molecular complexity index is 334. The van der Waals surface area contributed by atoms with Crippen molar-refractivity contribution in [1.82, 2.24) is 0 Å². The molecule has 0 aromatic carbocycles. The molecule has 1 atom stereocenters. The SMILES string of the molecule is CC(C)CC1CO1.COCCOC(C)C.COCCOC(C)C.COCCOCCOC(C)C. The van der Waals surface area contributed by atoms with Crippen LogP contribution in [-0.4, -0.2) is 105 Å². The number of epoxide rings is 1. The molecule has 0 N–H and O–H groups in total. The van der Waals surface area contributed by atoms with Crippen molar-refractivity contribution in [3.05, 3.63) is 0 Å². The van der Waals surface area contributed by atoms with Crippen LogP contribution in [0.1, 0.15) is 61.8 Å². The largest absolute Gasteiger partial charge is 0.382 e. The number of hydrogen-bond acceptors (Lipinski definition) is 8. The minimum absolute atomic E-state index is 0.293. The van der Waals surface area contributed by atoms with Crippen molar-refractivity contribution < 1.29 is 37.9 Å². The van der Waals surface area contributed by atoms with Gasteiger partial charge < -0.3 is 37.9 Å². The van der Waals surface area contributed by atoms with Gasteiger partial charge in [-0.1, -0.05) is 13.8 Å². The predicted molar refractivity (Wildman–Crippen MR) is 139 cm³/mol. The Morgan fingerprint density at radius 1 is 0.559 bits per heavy atom. The molecule has 0 radical (unpaired) electrons. The van der Waals surface area contributed by atoms with Gasteiger partial charge in [-0.25, -0.2) is 0 Å². The van der Waals surface area contributed by atoms with Crippen LogP contribution in [0.5, 0.6) is 0 Å². The second-order valence-corrected chi connectivity index (χ2v) is 8.93. The van der Waals surface area contributed by atoms with Crippen LogP contribution in [0.25, 0.3) is 0 Å². The van der Waals surface area contributed by atoms with Crippen molar-refractivity contribution in [3.8, 4) is 0 Å². The van der Waals surface area contributed by atoms with Gasteiger partial charge in [0.25, 0.3) is 0 Å². The maximum Gasteiger partial charge on any atom is 0.0812 e. The van der Waals surface area contributed by atoms with Gasteiger partial charge in [-0.2, -0.15) is 0 Å². The average molecular weight is 499 g/mol. The van der Waals surface area contributed by atoms with E-state index < -0.39 is 0 Å². The van der Waals surface area contributed by atoms with Gasteiger partial charge in [0.2, 0.25) is 0 Å². The standard InChI is InChI=1S/C8H18O3.2C6H14O2.C6H12O/c1-8(2)11-7-6-10-5-4-9-3;2*1-6(2)8-5-4-7-3;1-5(2)3-6-4-7-6/h8H,4-7H2,1-3H3;2*6H,4-5H2,1-3H3;5-6H,3-4H2,1-2H3. The zero-order valence-electron chi connectivity index (χ0n) is 24.2. The first kappa shape index (κ1) is 38.2. The van der Waals surface area contributed by atoms with Gasteiger partial charge in [0.05, 0.1) is 83.9 Å². The Morgan fingerprint density at radius 3 is 1.15 bits per heavy atom. The van der Waals surface area contributed by atoms with E-state index in [0.29, 0.717) is 77.3 Å². The third kappa shape index (κ3) is 49.0. The predicted octanol–water partition coefficient (Wildman–Crippen LogP) is 4.62. The summed E-state index contributed by atoms with van der Waals surface area (Å²) in [6, 6.07) is 0. The van der Waals surface area contributed by atoms with Crippen molar-refractivity contribution in [2.24, 2.45) is 5.92 Å². The van der Waals surface area contributed by atoms with Crippen LogP contribution < -0.4 is 0 Å². The number of rotatable bonds is 17. The van der Waals surface area contributed by atoms with Gasteiger partial charge in [0.1, 0.15) is 0 Å². The van der Waals surface area contributed by atoms with Gasteiger partial charge in [0, 0.05) is 21.3 Å². The van der Waals surface area contributed by atoms with E-state index in [1.165, 1.54) is 6.42 Å². The summed E-state index contributed by atoms with van der Waals surface area (Å²) in [6.07, 6.45) is 2.82. The van der Waals surface area contributed by atoms with E-state index in [2.05, 4.69) is 13.8 Å². The zero-order valence-corrected chi connectivity index (χ0v) is 24.2. The molecule has 0 amide bonds. The quantitative estimate of drug-likeness (QED) is 0.212. The lowest BCUT2D eigenvalue weighted by Crippen LogP contribution is -2.11. The molecular weight excluding hydrogens is 440 g/mol. The molecule has 0 aromatic rings. The van der Waals surface area contributed by atoms with Crippen molar-refractivity contribution >= 4 is 0 Å². The van der Waals surface area contributed by atoms with Gasteiger partial charge in [0.15, 0.2) is 0 Å². The van der Waals surface area contributed by atoms with Gasteiger partial charge >= 0.3 is 0 Å². The van der Waals surface area contributed by atoms with Gasteiger partial charge in [-0.05, 0) is 53.9 Å². The molecule has 1 aliphatic heterocycles. The highest BCUT2D eigenvalue weighted by atomic mass is 16.6. The van der Waals surface area contributed by atoms with Gasteiger partial charge in [-0.15, -0.1) is 0 Å². The zero-order chi connectivity index (χ0) is 26.6. The molecule has 1 fully saturated rings. The molecule has 8 heteroatoms. The monoisotopic (exact) mass is 498 g/mol. The summed E-state index contributed by atoms with van der Waals surface area (Å²) >= 11 is 0. The third-order valence-electron chi connectivity index (χ3n) is 3.72. The minimum atomic E-state index is 0.293. The van der Waals surface area contributed by atoms with E-state index in [-0.39, 0.29) is 0 Å². The molecule has 0 bridgehead atoms. The van der Waals surface area contributed by atoms with Crippen molar-refractivity contribution in [1.29, 1.82) is 0 Å².